The van der Waals surface area contributed by atoms with Gasteiger partial charge in [-0.1, -0.05) is 0 Å². The normalized spacial score (nSPS) is 16.9. The zero-order chi connectivity index (χ0) is 14.4. The Kier molecular flexibility index (Phi) is 5.35. The number of pyridine rings is 1. The summed E-state index contributed by atoms with van der Waals surface area (Å²) in [5, 5.41) is 6.12. The molecular weight excluding hydrogens is 252 g/mol. The summed E-state index contributed by atoms with van der Waals surface area (Å²) < 4.78 is 0. The van der Waals surface area contributed by atoms with Crippen molar-refractivity contribution in [1.82, 2.24) is 15.2 Å². The van der Waals surface area contributed by atoms with Gasteiger partial charge in [-0.05, 0) is 51.9 Å². The van der Waals surface area contributed by atoms with Crippen LogP contribution in [-0.2, 0) is 0 Å². The minimum atomic E-state index is -0.0300. The summed E-state index contributed by atoms with van der Waals surface area (Å²) in [7, 11) is 0. The van der Waals surface area contributed by atoms with Crippen molar-refractivity contribution in [1.29, 1.82) is 0 Å². The van der Waals surface area contributed by atoms with Crippen LogP contribution in [0.4, 0.5) is 5.82 Å². The molecule has 1 amide bonds. The average molecular weight is 276 g/mol. The Morgan fingerprint density at radius 1 is 1.45 bits per heavy atom. The van der Waals surface area contributed by atoms with Crippen LogP contribution in [0, 0.1) is 0 Å². The molecule has 20 heavy (non-hydrogen) atoms. The van der Waals surface area contributed by atoms with Crippen molar-refractivity contribution in [2.45, 2.75) is 32.7 Å². The standard InChI is InChI=1S/C15H24N4O/c1-3-16-14-10-13(6-7-17-14)15(20)18-11-12(2)19-8-4-5-9-19/h6-7,10,12H,3-5,8-9,11H2,1-2H3,(H,16,17)(H,18,20). The van der Waals surface area contributed by atoms with Crippen LogP contribution in [0.15, 0.2) is 18.3 Å². The number of likely N-dealkylation sites (tertiary alicyclic amines) is 1. The topological polar surface area (TPSA) is 57.3 Å². The average Bonchev–Trinajstić information content (AvgIpc) is 2.99. The molecule has 0 radical (unpaired) electrons. The third kappa shape index (κ3) is 3.93. The Morgan fingerprint density at radius 2 is 2.20 bits per heavy atom. The molecular formula is C15H24N4O. The number of aromatic nitrogens is 1. The highest BCUT2D eigenvalue weighted by Crippen LogP contribution is 2.11. The van der Waals surface area contributed by atoms with E-state index in [4.69, 9.17) is 0 Å². The molecule has 0 aromatic carbocycles. The third-order valence-corrected chi connectivity index (χ3v) is 3.70. The monoisotopic (exact) mass is 276 g/mol. The molecule has 1 aliphatic heterocycles. The Morgan fingerprint density at radius 3 is 2.90 bits per heavy atom. The Hall–Kier alpha value is -1.62. The van der Waals surface area contributed by atoms with Crippen molar-refractivity contribution >= 4 is 11.7 Å². The van der Waals surface area contributed by atoms with Gasteiger partial charge in [-0.25, -0.2) is 4.98 Å². The minimum Gasteiger partial charge on any atom is -0.370 e. The van der Waals surface area contributed by atoms with Gasteiger partial charge in [-0.15, -0.1) is 0 Å². The van der Waals surface area contributed by atoms with Crippen LogP contribution in [0.3, 0.4) is 0 Å². The third-order valence-electron chi connectivity index (χ3n) is 3.70. The maximum atomic E-state index is 12.1. The molecule has 1 saturated heterocycles. The second kappa shape index (κ2) is 7.24. The van der Waals surface area contributed by atoms with Crippen molar-refractivity contribution in [2.75, 3.05) is 31.5 Å². The van der Waals surface area contributed by atoms with Crippen LogP contribution in [0.25, 0.3) is 0 Å². The second-order valence-electron chi connectivity index (χ2n) is 5.26. The first kappa shape index (κ1) is 14.8. The van der Waals surface area contributed by atoms with Crippen LogP contribution >= 0.6 is 0 Å². The van der Waals surface area contributed by atoms with Gasteiger partial charge in [0, 0.05) is 30.9 Å². The predicted molar refractivity (Wildman–Crippen MR) is 81.0 cm³/mol. The molecule has 1 unspecified atom stereocenters. The Bertz CT molecular complexity index is 443. The molecule has 0 saturated carbocycles. The predicted octanol–water partition coefficient (Wildman–Crippen LogP) is 1.73. The molecule has 2 N–H and O–H groups in total. The van der Waals surface area contributed by atoms with E-state index in [1.165, 1.54) is 12.8 Å². The number of rotatable bonds is 6. The van der Waals surface area contributed by atoms with E-state index in [0.717, 1.165) is 25.5 Å². The lowest BCUT2D eigenvalue weighted by atomic mass is 10.2. The van der Waals surface area contributed by atoms with Crippen LogP contribution < -0.4 is 10.6 Å². The number of carbonyl (C=O) groups is 1. The molecule has 1 aromatic rings. The molecule has 110 valence electrons. The lowest BCUT2D eigenvalue weighted by molar-refractivity contribution is 0.0940. The number of nitrogens with zero attached hydrogens (tertiary/aromatic N) is 2. The quantitative estimate of drug-likeness (QED) is 0.831. The van der Waals surface area contributed by atoms with Crippen molar-refractivity contribution in [3.63, 3.8) is 0 Å². The number of anilines is 1. The zero-order valence-corrected chi connectivity index (χ0v) is 12.4. The molecule has 2 heterocycles. The van der Waals surface area contributed by atoms with Gasteiger partial charge in [0.25, 0.3) is 5.91 Å². The SMILES string of the molecule is CCNc1cc(C(=O)NCC(C)N2CCCC2)ccn1. The number of hydrogen-bond acceptors (Lipinski definition) is 4. The van der Waals surface area contributed by atoms with Crippen LogP contribution in [0.1, 0.15) is 37.0 Å². The molecule has 1 aromatic heterocycles. The lowest BCUT2D eigenvalue weighted by Gasteiger charge is -2.23. The van der Waals surface area contributed by atoms with Gasteiger partial charge >= 0.3 is 0 Å². The zero-order valence-electron chi connectivity index (χ0n) is 12.4. The number of carbonyl (C=O) groups excluding carboxylic acids is 1. The minimum absolute atomic E-state index is 0.0300. The molecule has 1 aliphatic rings. The maximum absolute atomic E-state index is 12.1. The Labute approximate surface area is 120 Å². The molecule has 0 aliphatic carbocycles. The molecule has 0 spiro atoms. The van der Waals surface area contributed by atoms with E-state index in [-0.39, 0.29) is 5.91 Å². The summed E-state index contributed by atoms with van der Waals surface area (Å²) in [5.41, 5.74) is 0.657. The van der Waals surface area contributed by atoms with Gasteiger partial charge in [0.1, 0.15) is 5.82 Å². The first-order chi connectivity index (χ1) is 9.70. The summed E-state index contributed by atoms with van der Waals surface area (Å²) >= 11 is 0. The molecule has 1 fully saturated rings. The fourth-order valence-corrected chi connectivity index (χ4v) is 2.50. The summed E-state index contributed by atoms with van der Waals surface area (Å²) in [6, 6.07) is 3.94. The van der Waals surface area contributed by atoms with Crippen molar-refractivity contribution in [3.05, 3.63) is 23.9 Å². The van der Waals surface area contributed by atoms with Crippen LogP contribution in [-0.4, -0.2) is 48.0 Å². The van der Waals surface area contributed by atoms with Gasteiger partial charge in [0.2, 0.25) is 0 Å². The number of nitrogens with one attached hydrogen (secondary N) is 2. The first-order valence-electron chi connectivity index (χ1n) is 7.43. The first-order valence-corrected chi connectivity index (χ1v) is 7.43. The van der Waals surface area contributed by atoms with Crippen molar-refractivity contribution in [3.8, 4) is 0 Å². The van der Waals surface area contributed by atoms with Gasteiger partial charge in [0.15, 0.2) is 0 Å². The largest absolute Gasteiger partial charge is 0.370 e. The van der Waals surface area contributed by atoms with E-state index < -0.39 is 0 Å². The van der Waals surface area contributed by atoms with Crippen LogP contribution in [0.5, 0.6) is 0 Å². The lowest BCUT2D eigenvalue weighted by Crippen LogP contribution is -2.40. The summed E-state index contributed by atoms with van der Waals surface area (Å²) in [6.07, 6.45) is 4.21. The van der Waals surface area contributed by atoms with E-state index >= 15 is 0 Å². The van der Waals surface area contributed by atoms with E-state index in [0.29, 0.717) is 18.2 Å². The van der Waals surface area contributed by atoms with Crippen molar-refractivity contribution in [2.24, 2.45) is 0 Å². The van der Waals surface area contributed by atoms with E-state index in [1.807, 2.05) is 6.92 Å². The maximum Gasteiger partial charge on any atom is 0.251 e. The molecule has 5 nitrogen and oxygen atoms in total. The van der Waals surface area contributed by atoms with E-state index in [9.17, 15) is 4.79 Å². The molecule has 0 bridgehead atoms. The summed E-state index contributed by atoms with van der Waals surface area (Å²) in [5.74, 6) is 0.713. The Balaban J connectivity index is 1.86. The van der Waals surface area contributed by atoms with Gasteiger partial charge in [-0.2, -0.15) is 0 Å². The molecule has 2 rings (SSSR count). The van der Waals surface area contributed by atoms with E-state index in [2.05, 4.69) is 27.4 Å². The van der Waals surface area contributed by atoms with E-state index in [1.54, 1.807) is 18.3 Å². The smallest absolute Gasteiger partial charge is 0.251 e. The molecule has 1 atom stereocenters. The van der Waals surface area contributed by atoms with Gasteiger partial charge < -0.3 is 10.6 Å². The fraction of sp³-hybridized carbons (Fsp3) is 0.600. The van der Waals surface area contributed by atoms with Gasteiger partial charge in [0.05, 0.1) is 0 Å². The fourth-order valence-electron chi connectivity index (χ4n) is 2.50. The highest BCUT2D eigenvalue weighted by atomic mass is 16.1. The second-order valence-corrected chi connectivity index (χ2v) is 5.26. The summed E-state index contributed by atoms with van der Waals surface area (Å²) in [6.45, 7) is 7.96. The highest BCUT2D eigenvalue weighted by molar-refractivity contribution is 5.94. The molecule has 5 heteroatoms. The van der Waals surface area contributed by atoms with Crippen LogP contribution in [0.2, 0.25) is 0 Å². The highest BCUT2D eigenvalue weighted by Gasteiger charge is 2.18. The van der Waals surface area contributed by atoms with Crippen molar-refractivity contribution < 1.29 is 4.79 Å². The number of hydrogen-bond donors (Lipinski definition) is 2. The van der Waals surface area contributed by atoms with Gasteiger partial charge in [-0.3, -0.25) is 9.69 Å². The number of amides is 1. The summed E-state index contributed by atoms with van der Waals surface area (Å²) in [4.78, 5) is 18.7.